The fraction of sp³-hybridized carbons (Fsp3) is 0.320. The van der Waals surface area contributed by atoms with E-state index in [0.29, 0.717) is 23.5 Å². The van der Waals surface area contributed by atoms with Gasteiger partial charge in [-0.05, 0) is 18.2 Å². The van der Waals surface area contributed by atoms with Gasteiger partial charge in [-0.1, -0.05) is 0 Å². The minimum atomic E-state index is -0.534. The lowest BCUT2D eigenvalue weighted by molar-refractivity contribution is -0.120. The second-order valence-corrected chi connectivity index (χ2v) is 9.59. The summed E-state index contributed by atoms with van der Waals surface area (Å²) in [7, 11) is 1.89. The molecule has 3 N–H and O–H groups in total. The number of amides is 1. The van der Waals surface area contributed by atoms with Crippen molar-refractivity contribution >= 4 is 33.1 Å². The molecule has 188 valence electrons. The van der Waals surface area contributed by atoms with E-state index in [1.165, 1.54) is 23.5 Å². The molecule has 1 saturated heterocycles. The Bertz CT molecular complexity index is 1380. The predicted octanol–water partition coefficient (Wildman–Crippen LogP) is 3.20. The maximum absolute atomic E-state index is 14.3. The number of rotatable bonds is 8. The zero-order chi connectivity index (χ0) is 25.1. The van der Waals surface area contributed by atoms with Crippen molar-refractivity contribution in [3.8, 4) is 22.2 Å². The molecule has 0 spiro atoms. The summed E-state index contributed by atoms with van der Waals surface area (Å²) in [5, 5.41) is 2.99. The van der Waals surface area contributed by atoms with Gasteiger partial charge in [-0.2, -0.15) is 0 Å². The van der Waals surface area contributed by atoms with Gasteiger partial charge in [0.05, 0.1) is 34.7 Å². The van der Waals surface area contributed by atoms with Crippen LogP contribution in [0.15, 0.2) is 42.7 Å². The second kappa shape index (κ2) is 10.6. The van der Waals surface area contributed by atoms with Crippen molar-refractivity contribution in [1.29, 1.82) is 0 Å². The molecule has 4 aromatic rings. The van der Waals surface area contributed by atoms with Gasteiger partial charge in [0.25, 0.3) is 0 Å². The van der Waals surface area contributed by atoms with Gasteiger partial charge in [0.15, 0.2) is 11.6 Å². The Labute approximate surface area is 211 Å². The first-order chi connectivity index (χ1) is 17.5. The molecule has 3 aromatic heterocycles. The third kappa shape index (κ3) is 5.32. The Morgan fingerprint density at radius 2 is 2.06 bits per heavy atom. The molecule has 1 aliphatic rings. The Morgan fingerprint density at radius 1 is 1.22 bits per heavy atom. The molecular formula is C25H27FN6O3S. The molecule has 9 nitrogen and oxygen atoms in total. The highest BCUT2D eigenvalue weighted by molar-refractivity contribution is 7.22. The quantitative estimate of drug-likeness (QED) is 0.351. The number of nitrogen functional groups attached to an aromatic ring is 1. The summed E-state index contributed by atoms with van der Waals surface area (Å²) in [6.45, 7) is 4.68. The molecule has 0 bridgehead atoms. The number of anilines is 1. The molecule has 11 heteroatoms. The van der Waals surface area contributed by atoms with Crippen LogP contribution in [0.25, 0.3) is 20.9 Å². The van der Waals surface area contributed by atoms with Gasteiger partial charge in [-0.3, -0.25) is 14.7 Å². The lowest BCUT2D eigenvalue weighted by atomic mass is 10.3. The molecule has 1 amide bonds. The first-order valence-corrected chi connectivity index (χ1v) is 12.5. The standard InChI is InChI=1S/C25H27FN6O3S/c1-31-17(13-23(33)29-6-7-32-8-10-34-11-9-32)15-30-25(31)22-14-19-24(36-22)21(4-5-28-19)35-20-3-2-16(27)12-18(20)26/h2-5,12,14-15H,6-11,13,27H2,1H3,(H,29,33). The SMILES string of the molecule is Cn1c(CC(=O)NCCN2CCOCC2)cnc1-c1cc2nccc(Oc3ccc(N)cc3F)c2s1. The minimum absolute atomic E-state index is 0.0444. The number of nitrogens with two attached hydrogens (primary N) is 1. The number of nitrogens with zero attached hydrogens (tertiary/aromatic N) is 4. The zero-order valence-corrected chi connectivity index (χ0v) is 20.7. The van der Waals surface area contributed by atoms with Crippen molar-refractivity contribution in [3.05, 3.63) is 54.2 Å². The van der Waals surface area contributed by atoms with Gasteiger partial charge in [-0.15, -0.1) is 11.3 Å². The van der Waals surface area contributed by atoms with Crippen molar-refractivity contribution in [2.75, 3.05) is 45.1 Å². The number of carbonyl (C=O) groups excluding carboxylic acids is 1. The fourth-order valence-electron chi connectivity index (χ4n) is 4.07. The van der Waals surface area contributed by atoms with Crippen LogP contribution in [0.4, 0.5) is 10.1 Å². The number of hydrogen-bond acceptors (Lipinski definition) is 8. The van der Waals surface area contributed by atoms with Gasteiger partial charge < -0.3 is 25.1 Å². The molecule has 5 rings (SSSR count). The van der Waals surface area contributed by atoms with Gasteiger partial charge in [-0.25, -0.2) is 9.37 Å². The summed E-state index contributed by atoms with van der Waals surface area (Å²) in [5.74, 6) is 0.726. The highest BCUT2D eigenvalue weighted by Crippen LogP contribution is 2.39. The van der Waals surface area contributed by atoms with Gasteiger partial charge >= 0.3 is 0 Å². The van der Waals surface area contributed by atoms with Crippen LogP contribution in [-0.2, 0) is 23.0 Å². The summed E-state index contributed by atoms with van der Waals surface area (Å²) >= 11 is 1.45. The number of carbonyl (C=O) groups is 1. The van der Waals surface area contributed by atoms with Crippen molar-refractivity contribution in [3.63, 3.8) is 0 Å². The van der Waals surface area contributed by atoms with E-state index in [9.17, 15) is 9.18 Å². The highest BCUT2D eigenvalue weighted by atomic mass is 32.1. The number of pyridine rings is 1. The first-order valence-electron chi connectivity index (χ1n) is 11.7. The van der Waals surface area contributed by atoms with E-state index in [4.69, 9.17) is 15.2 Å². The second-order valence-electron chi connectivity index (χ2n) is 8.54. The number of morpholine rings is 1. The molecule has 0 radical (unpaired) electrons. The van der Waals surface area contributed by atoms with E-state index < -0.39 is 5.82 Å². The Kier molecular flexibility index (Phi) is 7.12. The maximum atomic E-state index is 14.3. The van der Waals surface area contributed by atoms with E-state index in [1.807, 2.05) is 17.7 Å². The Balaban J connectivity index is 1.28. The number of ether oxygens (including phenoxy) is 2. The summed E-state index contributed by atoms with van der Waals surface area (Å²) in [5.41, 5.74) is 7.49. The number of benzene rings is 1. The Morgan fingerprint density at radius 3 is 2.86 bits per heavy atom. The van der Waals surface area contributed by atoms with Crippen LogP contribution >= 0.6 is 11.3 Å². The summed E-state index contributed by atoms with van der Waals surface area (Å²) < 4.78 is 28.1. The van der Waals surface area contributed by atoms with Crippen molar-refractivity contribution in [2.24, 2.45) is 7.05 Å². The number of hydrogen-bond donors (Lipinski definition) is 2. The molecule has 0 atom stereocenters. The van der Waals surface area contributed by atoms with E-state index in [1.54, 1.807) is 24.5 Å². The van der Waals surface area contributed by atoms with Crippen LogP contribution in [0.2, 0.25) is 0 Å². The number of aromatic nitrogens is 3. The minimum Gasteiger partial charge on any atom is -0.453 e. The lowest BCUT2D eigenvalue weighted by Crippen LogP contribution is -2.41. The van der Waals surface area contributed by atoms with Gasteiger partial charge in [0.1, 0.15) is 11.6 Å². The molecule has 4 heterocycles. The van der Waals surface area contributed by atoms with E-state index in [-0.39, 0.29) is 18.1 Å². The average Bonchev–Trinajstić information content (AvgIpc) is 3.45. The first kappa shape index (κ1) is 24.2. The normalized spacial score (nSPS) is 14.3. The van der Waals surface area contributed by atoms with Crippen LogP contribution in [0.1, 0.15) is 5.69 Å². The van der Waals surface area contributed by atoms with Crippen molar-refractivity contribution < 1.29 is 18.7 Å². The monoisotopic (exact) mass is 510 g/mol. The largest absolute Gasteiger partial charge is 0.453 e. The molecule has 1 fully saturated rings. The molecule has 1 aliphatic heterocycles. The topological polar surface area (TPSA) is 108 Å². The lowest BCUT2D eigenvalue weighted by Gasteiger charge is -2.26. The number of nitrogens with one attached hydrogen (secondary N) is 1. The van der Waals surface area contributed by atoms with Crippen molar-refractivity contribution in [1.82, 2.24) is 24.8 Å². The third-order valence-corrected chi connectivity index (χ3v) is 7.19. The molecular weight excluding hydrogens is 483 g/mol. The van der Waals surface area contributed by atoms with E-state index in [2.05, 4.69) is 20.2 Å². The molecule has 0 aliphatic carbocycles. The molecule has 0 unspecified atom stereocenters. The maximum Gasteiger partial charge on any atom is 0.226 e. The molecule has 1 aromatic carbocycles. The number of fused-ring (bicyclic) bond motifs is 1. The van der Waals surface area contributed by atoms with Crippen LogP contribution in [0.3, 0.4) is 0 Å². The highest BCUT2D eigenvalue weighted by Gasteiger charge is 2.18. The fourth-order valence-corrected chi connectivity index (χ4v) is 5.16. The molecule has 36 heavy (non-hydrogen) atoms. The van der Waals surface area contributed by atoms with Crippen LogP contribution < -0.4 is 15.8 Å². The van der Waals surface area contributed by atoms with E-state index in [0.717, 1.165) is 53.9 Å². The zero-order valence-electron chi connectivity index (χ0n) is 19.9. The predicted molar refractivity (Wildman–Crippen MR) is 137 cm³/mol. The van der Waals surface area contributed by atoms with Gasteiger partial charge in [0, 0.05) is 69.1 Å². The summed E-state index contributed by atoms with van der Waals surface area (Å²) in [4.78, 5) is 24.6. The Hall–Kier alpha value is -3.54. The third-order valence-electron chi connectivity index (χ3n) is 6.05. The smallest absolute Gasteiger partial charge is 0.226 e. The van der Waals surface area contributed by atoms with Crippen LogP contribution in [0, 0.1) is 5.82 Å². The van der Waals surface area contributed by atoms with Crippen LogP contribution in [0.5, 0.6) is 11.5 Å². The van der Waals surface area contributed by atoms with Crippen molar-refractivity contribution in [2.45, 2.75) is 6.42 Å². The summed E-state index contributed by atoms with van der Waals surface area (Å²) in [6.07, 6.45) is 3.57. The van der Waals surface area contributed by atoms with Crippen LogP contribution in [-0.4, -0.2) is 64.7 Å². The van der Waals surface area contributed by atoms with E-state index >= 15 is 0 Å². The van der Waals surface area contributed by atoms with Gasteiger partial charge in [0.2, 0.25) is 5.91 Å². The molecule has 0 saturated carbocycles. The summed E-state index contributed by atoms with van der Waals surface area (Å²) in [6, 6.07) is 7.93. The number of imidazole rings is 1. The number of thiophene rings is 1. The number of halogens is 1. The average molecular weight is 511 g/mol.